The van der Waals surface area contributed by atoms with Crippen molar-refractivity contribution in [2.24, 2.45) is 0 Å². The summed E-state index contributed by atoms with van der Waals surface area (Å²) in [5.74, 6) is 0.513. The zero-order chi connectivity index (χ0) is 29.5. The van der Waals surface area contributed by atoms with Gasteiger partial charge in [-0.25, -0.2) is 9.37 Å². The Morgan fingerprint density at radius 2 is 1.93 bits per heavy atom. The van der Waals surface area contributed by atoms with Gasteiger partial charge in [0.2, 0.25) is 5.95 Å². The van der Waals surface area contributed by atoms with Crippen LogP contribution in [-0.2, 0) is 19.6 Å². The molecule has 43 heavy (non-hydrogen) atoms. The van der Waals surface area contributed by atoms with Crippen molar-refractivity contribution in [3.63, 3.8) is 0 Å². The van der Waals surface area contributed by atoms with Crippen LogP contribution in [0.5, 0.6) is 0 Å². The lowest BCUT2D eigenvalue weighted by Crippen LogP contribution is -2.20. The van der Waals surface area contributed by atoms with E-state index in [4.69, 9.17) is 5.73 Å². The molecule has 0 bridgehead atoms. The fourth-order valence-electron chi connectivity index (χ4n) is 5.43. The van der Waals surface area contributed by atoms with Crippen LogP contribution in [0, 0.1) is 5.82 Å². The number of benzene rings is 2. The number of nitrogens with two attached hydrogens (primary N) is 1. The highest BCUT2D eigenvalue weighted by atomic mass is 19.1. The predicted molar refractivity (Wildman–Crippen MR) is 159 cm³/mol. The fraction of sp³-hybridized carbons (Fsp3) is 0.188. The molecule has 0 spiro atoms. The average molecular weight is 575 g/mol. The quantitative estimate of drug-likeness (QED) is 0.276. The number of fused-ring (bicyclic) bond motifs is 1. The first-order valence-corrected chi connectivity index (χ1v) is 14.0. The minimum atomic E-state index is -0.543. The number of rotatable bonds is 8. The highest BCUT2D eigenvalue weighted by molar-refractivity contribution is 5.83. The first-order valence-electron chi connectivity index (χ1n) is 14.0. The highest BCUT2D eigenvalue weighted by Crippen LogP contribution is 2.41. The molecule has 0 amide bonds. The second-order valence-corrected chi connectivity index (χ2v) is 10.7. The third kappa shape index (κ3) is 5.26. The van der Waals surface area contributed by atoms with Crippen LogP contribution in [-0.4, -0.2) is 39.4 Å². The van der Waals surface area contributed by atoms with Gasteiger partial charge in [-0.3, -0.25) is 19.0 Å². The molecule has 2 aromatic carbocycles. The first kappa shape index (κ1) is 26.6. The molecule has 11 heteroatoms. The molecule has 0 aliphatic heterocycles. The van der Waals surface area contributed by atoms with Gasteiger partial charge in [-0.15, -0.1) is 0 Å². The van der Waals surface area contributed by atoms with Gasteiger partial charge in [0.1, 0.15) is 11.6 Å². The largest absolute Gasteiger partial charge is 0.392 e. The van der Waals surface area contributed by atoms with E-state index in [1.54, 1.807) is 47.5 Å². The standard InChI is InChI=1S/C32H27FN8O2/c33-26-14-22(20-7-8-20)13-21-9-11-41(31(43)29(21)26)27-6-3-5-24(25(27)18-42)30-37-28(38-32(34)39-30)12-19-15-36-40(16-19)17-23-4-1-2-10-35-23/h1-6,9-11,13-16,20,42H,7-8,12,17-18H2,(H2,34,37,38,39). The molecule has 4 aromatic heterocycles. The Kier molecular flexibility index (Phi) is 6.71. The number of hydrogen-bond donors (Lipinski definition) is 2. The molecule has 10 nitrogen and oxygen atoms in total. The highest BCUT2D eigenvalue weighted by Gasteiger charge is 2.25. The molecular formula is C32H27FN8O2. The van der Waals surface area contributed by atoms with Crippen molar-refractivity contribution in [3.05, 3.63) is 124 Å². The summed E-state index contributed by atoms with van der Waals surface area (Å²) in [4.78, 5) is 31.2. The number of nitrogens with zero attached hydrogens (tertiary/aromatic N) is 7. The summed E-state index contributed by atoms with van der Waals surface area (Å²) >= 11 is 0. The summed E-state index contributed by atoms with van der Waals surface area (Å²) in [5, 5.41) is 15.5. The summed E-state index contributed by atoms with van der Waals surface area (Å²) in [7, 11) is 0. The molecule has 7 rings (SSSR count). The molecule has 0 radical (unpaired) electrons. The molecule has 1 saturated carbocycles. The van der Waals surface area contributed by atoms with E-state index in [2.05, 4.69) is 25.0 Å². The van der Waals surface area contributed by atoms with E-state index >= 15 is 4.39 Å². The SMILES string of the molecule is Nc1nc(Cc2cnn(Cc3ccccn3)c2)nc(-c2cccc(-n3ccc4cc(C5CC5)cc(F)c4c3=O)c2CO)n1. The van der Waals surface area contributed by atoms with Crippen molar-refractivity contribution in [1.82, 2.24) is 34.3 Å². The second-order valence-electron chi connectivity index (χ2n) is 10.7. The van der Waals surface area contributed by atoms with Gasteiger partial charge >= 0.3 is 0 Å². The van der Waals surface area contributed by atoms with Crippen LogP contribution in [0.25, 0.3) is 27.8 Å². The molecular weight excluding hydrogens is 547 g/mol. The molecule has 0 unspecified atom stereocenters. The third-order valence-electron chi connectivity index (χ3n) is 7.64. The lowest BCUT2D eigenvalue weighted by Gasteiger charge is -2.15. The molecule has 0 saturated heterocycles. The maximum Gasteiger partial charge on any atom is 0.265 e. The Morgan fingerprint density at radius 1 is 1.05 bits per heavy atom. The van der Waals surface area contributed by atoms with Crippen LogP contribution in [0.1, 0.15) is 47.0 Å². The van der Waals surface area contributed by atoms with E-state index in [1.807, 2.05) is 30.5 Å². The van der Waals surface area contributed by atoms with Crippen molar-refractivity contribution in [1.29, 1.82) is 0 Å². The number of anilines is 1. The van der Waals surface area contributed by atoms with E-state index in [-0.39, 0.29) is 17.2 Å². The Hall–Kier alpha value is -5.29. The topological polar surface area (TPSA) is 138 Å². The van der Waals surface area contributed by atoms with Gasteiger partial charge in [0, 0.05) is 36.1 Å². The van der Waals surface area contributed by atoms with Gasteiger partial charge in [0.05, 0.1) is 36.1 Å². The van der Waals surface area contributed by atoms with Gasteiger partial charge < -0.3 is 10.8 Å². The molecule has 3 N–H and O–H groups in total. The zero-order valence-corrected chi connectivity index (χ0v) is 23.1. The van der Waals surface area contributed by atoms with E-state index in [9.17, 15) is 9.90 Å². The van der Waals surface area contributed by atoms with Crippen LogP contribution < -0.4 is 11.3 Å². The minimum Gasteiger partial charge on any atom is -0.392 e. The van der Waals surface area contributed by atoms with Crippen molar-refractivity contribution < 1.29 is 9.50 Å². The van der Waals surface area contributed by atoms with Crippen molar-refractivity contribution in [3.8, 4) is 17.1 Å². The van der Waals surface area contributed by atoms with Crippen molar-refractivity contribution >= 4 is 16.7 Å². The molecule has 1 aliphatic carbocycles. The predicted octanol–water partition coefficient (Wildman–Crippen LogP) is 4.16. The lowest BCUT2D eigenvalue weighted by atomic mass is 10.0. The van der Waals surface area contributed by atoms with Gasteiger partial charge in [-0.2, -0.15) is 15.1 Å². The fourth-order valence-corrected chi connectivity index (χ4v) is 5.43. The maximum atomic E-state index is 15.2. The zero-order valence-electron chi connectivity index (χ0n) is 23.1. The number of halogens is 1. The number of pyridine rings is 2. The van der Waals surface area contributed by atoms with Crippen LogP contribution in [0.15, 0.2) is 84.2 Å². The van der Waals surface area contributed by atoms with Crippen LogP contribution in [0.4, 0.5) is 10.3 Å². The summed E-state index contributed by atoms with van der Waals surface area (Å²) in [6.45, 7) is 0.109. The summed E-state index contributed by atoms with van der Waals surface area (Å²) in [6.07, 6.45) is 9.40. The summed E-state index contributed by atoms with van der Waals surface area (Å²) in [6, 6.07) is 16.0. The van der Waals surface area contributed by atoms with Crippen LogP contribution >= 0.6 is 0 Å². The second kappa shape index (κ2) is 10.8. The Labute approximate surface area is 245 Å². The van der Waals surface area contributed by atoms with Crippen molar-refractivity contribution in [2.75, 3.05) is 5.73 Å². The van der Waals surface area contributed by atoms with Crippen molar-refractivity contribution in [2.45, 2.75) is 38.3 Å². The van der Waals surface area contributed by atoms with Crippen LogP contribution in [0.2, 0.25) is 0 Å². The van der Waals surface area contributed by atoms with Gasteiger partial charge in [-0.1, -0.05) is 24.3 Å². The van der Waals surface area contributed by atoms with E-state index in [1.165, 1.54) is 10.6 Å². The van der Waals surface area contributed by atoms with Gasteiger partial charge in [0.15, 0.2) is 5.82 Å². The van der Waals surface area contributed by atoms with E-state index in [0.717, 1.165) is 29.7 Å². The number of aliphatic hydroxyl groups excluding tert-OH is 1. The normalized spacial score (nSPS) is 13.1. The number of hydrogen-bond acceptors (Lipinski definition) is 8. The molecule has 1 fully saturated rings. The Balaban J connectivity index is 1.23. The van der Waals surface area contributed by atoms with Gasteiger partial charge in [-0.05, 0) is 65.6 Å². The van der Waals surface area contributed by atoms with E-state index in [0.29, 0.717) is 46.9 Å². The summed E-state index contributed by atoms with van der Waals surface area (Å²) in [5.41, 5.74) is 9.54. The minimum absolute atomic E-state index is 0.0106. The molecule has 4 heterocycles. The summed E-state index contributed by atoms with van der Waals surface area (Å²) < 4.78 is 18.3. The monoisotopic (exact) mass is 574 g/mol. The Bertz CT molecular complexity index is 2040. The van der Waals surface area contributed by atoms with Gasteiger partial charge in [0.25, 0.3) is 5.56 Å². The third-order valence-corrected chi connectivity index (χ3v) is 7.64. The first-order chi connectivity index (χ1) is 21.0. The molecule has 214 valence electrons. The Morgan fingerprint density at radius 3 is 2.72 bits per heavy atom. The average Bonchev–Trinajstić information content (AvgIpc) is 3.77. The molecule has 1 aliphatic rings. The lowest BCUT2D eigenvalue weighted by molar-refractivity contribution is 0.282. The van der Waals surface area contributed by atoms with Crippen LogP contribution in [0.3, 0.4) is 0 Å². The van der Waals surface area contributed by atoms with E-state index < -0.39 is 18.0 Å². The molecule has 0 atom stereocenters. The molecule has 6 aromatic rings. The number of nitrogen functional groups attached to an aromatic ring is 1. The number of aliphatic hydroxyl groups is 1. The smallest absolute Gasteiger partial charge is 0.265 e. The maximum absolute atomic E-state index is 15.2. The number of aromatic nitrogens is 7.